The minimum atomic E-state index is -0.645. The van der Waals surface area contributed by atoms with Gasteiger partial charge in [0.2, 0.25) is 5.91 Å². The van der Waals surface area contributed by atoms with Crippen LogP contribution >= 0.6 is 0 Å². The van der Waals surface area contributed by atoms with Crippen molar-refractivity contribution in [2.75, 3.05) is 32.6 Å². The molecule has 0 heterocycles. The smallest absolute Gasteiger partial charge is 0.224 e. The lowest BCUT2D eigenvalue weighted by Crippen LogP contribution is -2.30. The van der Waals surface area contributed by atoms with E-state index >= 15 is 0 Å². The number of hydrogen-bond donors (Lipinski definition) is 2. The second-order valence-corrected chi connectivity index (χ2v) is 5.79. The van der Waals surface area contributed by atoms with Gasteiger partial charge in [0.05, 0.1) is 5.56 Å². The number of Topliss-reactive ketones (excluding diaryl/α,β-unsaturated/α-hetero) is 1. The van der Waals surface area contributed by atoms with E-state index in [4.69, 9.17) is 4.74 Å². The van der Waals surface area contributed by atoms with Crippen LogP contribution in [0.4, 0.5) is 5.69 Å². The van der Waals surface area contributed by atoms with Gasteiger partial charge in [-0.1, -0.05) is 6.92 Å². The van der Waals surface area contributed by atoms with Crippen LogP contribution in [0.15, 0.2) is 18.2 Å². The average molecular weight is 322 g/mol. The Kier molecular flexibility index (Phi) is 7.71. The summed E-state index contributed by atoms with van der Waals surface area (Å²) in [7, 11) is 3.72. The van der Waals surface area contributed by atoms with E-state index in [2.05, 4.69) is 5.32 Å². The van der Waals surface area contributed by atoms with Crippen LogP contribution < -0.4 is 10.1 Å². The Balaban J connectivity index is 2.80. The fourth-order valence-electron chi connectivity index (χ4n) is 2.12. The standard InChI is InChI=1S/C17H26N2O4/c1-5-6-17(22)18-13-7-8-16(15(9-13)12(2)20)23-11-14(21)10-19(3)4/h7-9,14,21H,5-6,10-11H2,1-4H3,(H,18,22)/t14-/m1/s1. The first-order valence-corrected chi connectivity index (χ1v) is 7.74. The number of nitrogens with zero attached hydrogens (tertiary/aromatic N) is 1. The zero-order valence-corrected chi connectivity index (χ0v) is 14.3. The Morgan fingerprint density at radius 3 is 2.61 bits per heavy atom. The van der Waals surface area contributed by atoms with E-state index in [1.165, 1.54) is 6.92 Å². The molecule has 0 aliphatic heterocycles. The van der Waals surface area contributed by atoms with Gasteiger partial charge in [-0.25, -0.2) is 0 Å². The molecule has 0 saturated carbocycles. The highest BCUT2D eigenvalue weighted by Crippen LogP contribution is 2.24. The predicted octanol–water partition coefficient (Wildman–Crippen LogP) is 1.93. The first kappa shape index (κ1) is 19.1. The molecular formula is C17H26N2O4. The maximum absolute atomic E-state index is 11.8. The van der Waals surface area contributed by atoms with Crippen LogP contribution in [0.2, 0.25) is 0 Å². The van der Waals surface area contributed by atoms with Crippen LogP contribution in [-0.2, 0) is 4.79 Å². The van der Waals surface area contributed by atoms with Gasteiger partial charge in [-0.3, -0.25) is 9.59 Å². The highest BCUT2D eigenvalue weighted by Gasteiger charge is 2.13. The van der Waals surface area contributed by atoms with Gasteiger partial charge in [0, 0.05) is 18.7 Å². The maximum Gasteiger partial charge on any atom is 0.224 e. The molecule has 0 spiro atoms. The number of ketones is 1. The van der Waals surface area contributed by atoms with E-state index in [1.54, 1.807) is 18.2 Å². The van der Waals surface area contributed by atoms with Crippen molar-refractivity contribution in [2.45, 2.75) is 32.8 Å². The average Bonchev–Trinajstić information content (AvgIpc) is 2.45. The molecule has 0 aliphatic rings. The van der Waals surface area contributed by atoms with Gasteiger partial charge in [-0.2, -0.15) is 0 Å². The number of anilines is 1. The number of amides is 1. The number of carbonyl (C=O) groups excluding carboxylic acids is 2. The summed E-state index contributed by atoms with van der Waals surface area (Å²) < 4.78 is 5.56. The molecule has 1 aromatic rings. The molecule has 1 atom stereocenters. The minimum absolute atomic E-state index is 0.0860. The van der Waals surface area contributed by atoms with E-state index in [9.17, 15) is 14.7 Å². The van der Waals surface area contributed by atoms with Crippen molar-refractivity contribution >= 4 is 17.4 Å². The zero-order chi connectivity index (χ0) is 17.4. The number of benzene rings is 1. The molecule has 0 unspecified atom stereocenters. The predicted molar refractivity (Wildman–Crippen MR) is 90.0 cm³/mol. The number of aliphatic hydroxyl groups excluding tert-OH is 1. The number of rotatable bonds is 9. The monoisotopic (exact) mass is 322 g/mol. The molecule has 0 saturated heterocycles. The fourth-order valence-corrected chi connectivity index (χ4v) is 2.12. The molecule has 0 aliphatic carbocycles. The summed E-state index contributed by atoms with van der Waals surface area (Å²) in [5.41, 5.74) is 0.950. The van der Waals surface area contributed by atoms with E-state index in [-0.39, 0.29) is 18.3 Å². The molecule has 2 N–H and O–H groups in total. The van der Waals surface area contributed by atoms with Crippen LogP contribution in [0.25, 0.3) is 0 Å². The second-order valence-electron chi connectivity index (χ2n) is 5.79. The maximum atomic E-state index is 11.8. The summed E-state index contributed by atoms with van der Waals surface area (Å²) in [6, 6.07) is 4.93. The van der Waals surface area contributed by atoms with Gasteiger partial charge in [-0.15, -0.1) is 0 Å². The number of likely N-dealkylation sites (N-methyl/N-ethyl adjacent to an activating group) is 1. The first-order chi connectivity index (χ1) is 10.8. The van der Waals surface area contributed by atoms with Crippen molar-refractivity contribution in [1.82, 2.24) is 4.90 Å². The summed E-state index contributed by atoms with van der Waals surface area (Å²) in [6.45, 7) is 3.94. The van der Waals surface area contributed by atoms with E-state index < -0.39 is 6.10 Å². The fraction of sp³-hybridized carbons (Fsp3) is 0.529. The molecule has 1 aromatic carbocycles. The van der Waals surface area contributed by atoms with Gasteiger partial charge < -0.3 is 20.1 Å². The summed E-state index contributed by atoms with van der Waals surface area (Å²) in [6.07, 6.45) is 0.550. The molecule has 0 aromatic heterocycles. The second kappa shape index (κ2) is 9.27. The Bertz CT molecular complexity index is 543. The molecule has 6 heteroatoms. The minimum Gasteiger partial charge on any atom is -0.490 e. The first-order valence-electron chi connectivity index (χ1n) is 7.74. The normalized spacial score (nSPS) is 12.1. The summed E-state index contributed by atoms with van der Waals surface area (Å²) >= 11 is 0. The van der Waals surface area contributed by atoms with Crippen molar-refractivity contribution in [3.63, 3.8) is 0 Å². The molecule has 1 rings (SSSR count). The Morgan fingerprint density at radius 2 is 2.04 bits per heavy atom. The molecule has 0 radical (unpaired) electrons. The highest BCUT2D eigenvalue weighted by molar-refractivity contribution is 5.99. The number of hydrogen-bond acceptors (Lipinski definition) is 5. The zero-order valence-electron chi connectivity index (χ0n) is 14.3. The Morgan fingerprint density at radius 1 is 1.35 bits per heavy atom. The van der Waals surface area contributed by atoms with E-state index in [0.29, 0.717) is 30.0 Å². The summed E-state index contributed by atoms with van der Waals surface area (Å²) in [5, 5.41) is 12.6. The third-order valence-corrected chi connectivity index (χ3v) is 3.13. The van der Waals surface area contributed by atoms with Crippen LogP contribution in [0.5, 0.6) is 5.75 Å². The van der Waals surface area contributed by atoms with Gasteiger partial charge in [0.15, 0.2) is 5.78 Å². The largest absolute Gasteiger partial charge is 0.490 e. The number of carbonyl (C=O) groups is 2. The van der Waals surface area contributed by atoms with Gasteiger partial charge >= 0.3 is 0 Å². The SMILES string of the molecule is CCCC(=O)Nc1ccc(OC[C@H](O)CN(C)C)c(C(C)=O)c1. The summed E-state index contributed by atoms with van der Waals surface area (Å²) in [5.74, 6) is 0.162. The quantitative estimate of drug-likeness (QED) is 0.679. The topological polar surface area (TPSA) is 78.9 Å². The lowest BCUT2D eigenvalue weighted by atomic mass is 10.1. The third-order valence-electron chi connectivity index (χ3n) is 3.13. The molecule has 0 fully saturated rings. The molecular weight excluding hydrogens is 296 g/mol. The van der Waals surface area contributed by atoms with Gasteiger partial charge in [-0.05, 0) is 45.6 Å². The van der Waals surface area contributed by atoms with Gasteiger partial charge in [0.25, 0.3) is 0 Å². The van der Waals surface area contributed by atoms with Crippen LogP contribution in [0.1, 0.15) is 37.0 Å². The van der Waals surface area contributed by atoms with Crippen LogP contribution in [-0.4, -0.2) is 55.0 Å². The number of ether oxygens (including phenoxy) is 1. The Hall–Kier alpha value is -1.92. The van der Waals surface area contributed by atoms with Crippen LogP contribution in [0.3, 0.4) is 0 Å². The molecule has 128 valence electrons. The van der Waals surface area contributed by atoms with Gasteiger partial charge in [0.1, 0.15) is 18.5 Å². The highest BCUT2D eigenvalue weighted by atomic mass is 16.5. The molecule has 6 nitrogen and oxygen atoms in total. The van der Waals surface area contributed by atoms with Crippen molar-refractivity contribution in [3.8, 4) is 5.75 Å². The van der Waals surface area contributed by atoms with E-state index in [0.717, 1.165) is 6.42 Å². The third kappa shape index (κ3) is 6.80. The van der Waals surface area contributed by atoms with Crippen molar-refractivity contribution in [3.05, 3.63) is 23.8 Å². The lowest BCUT2D eigenvalue weighted by Gasteiger charge is -2.18. The van der Waals surface area contributed by atoms with Crippen LogP contribution in [0, 0.1) is 0 Å². The molecule has 0 bridgehead atoms. The van der Waals surface area contributed by atoms with Crippen molar-refractivity contribution < 1.29 is 19.4 Å². The number of nitrogens with one attached hydrogen (secondary N) is 1. The Labute approximate surface area is 137 Å². The molecule has 1 amide bonds. The van der Waals surface area contributed by atoms with Crippen molar-refractivity contribution in [2.24, 2.45) is 0 Å². The lowest BCUT2D eigenvalue weighted by molar-refractivity contribution is -0.116. The van der Waals surface area contributed by atoms with Crippen molar-refractivity contribution in [1.29, 1.82) is 0 Å². The number of aliphatic hydroxyl groups is 1. The van der Waals surface area contributed by atoms with E-state index in [1.807, 2.05) is 25.9 Å². The molecule has 23 heavy (non-hydrogen) atoms. The summed E-state index contributed by atoms with van der Waals surface area (Å²) in [4.78, 5) is 25.3.